The Labute approximate surface area is 127 Å². The van der Waals surface area contributed by atoms with Crippen molar-refractivity contribution < 1.29 is 14.6 Å². The Hall–Kier alpha value is -0.850. The van der Waals surface area contributed by atoms with E-state index < -0.39 is 0 Å². The molecule has 0 aliphatic carbocycles. The van der Waals surface area contributed by atoms with E-state index in [1.54, 1.807) is 30.6 Å². The lowest BCUT2D eigenvalue weighted by Gasteiger charge is -2.24. The molecule has 1 aromatic rings. The van der Waals surface area contributed by atoms with Crippen LogP contribution in [0, 0.1) is 0 Å². The Morgan fingerprint density at radius 2 is 2.15 bits per heavy atom. The number of aliphatic hydroxyl groups is 1. The van der Waals surface area contributed by atoms with Crippen LogP contribution < -0.4 is 4.74 Å². The number of aliphatic hydroxyl groups excluding tert-OH is 1. The molecular weight excluding hydrogens is 294 g/mol. The van der Waals surface area contributed by atoms with E-state index in [-0.39, 0.29) is 17.9 Å². The molecule has 1 saturated heterocycles. The number of amides is 1. The van der Waals surface area contributed by atoms with Gasteiger partial charge in [-0.2, -0.15) is 11.8 Å². The zero-order chi connectivity index (χ0) is 14.4. The SMILES string of the molecule is COc1ccc(C2SCC(=O)N2CCSCCO)cc1. The topological polar surface area (TPSA) is 49.8 Å². The molecule has 0 aromatic heterocycles. The van der Waals surface area contributed by atoms with Crippen molar-refractivity contribution >= 4 is 29.4 Å². The summed E-state index contributed by atoms with van der Waals surface area (Å²) in [4.78, 5) is 13.9. The first kappa shape index (κ1) is 15.5. The summed E-state index contributed by atoms with van der Waals surface area (Å²) >= 11 is 3.34. The van der Waals surface area contributed by atoms with E-state index in [9.17, 15) is 4.79 Å². The van der Waals surface area contributed by atoms with Gasteiger partial charge in [0.15, 0.2) is 0 Å². The van der Waals surface area contributed by atoms with Crippen LogP contribution in [-0.4, -0.2) is 53.4 Å². The molecule has 0 bridgehead atoms. The molecule has 1 heterocycles. The lowest BCUT2D eigenvalue weighted by molar-refractivity contribution is -0.127. The number of ether oxygens (including phenoxy) is 1. The molecule has 20 heavy (non-hydrogen) atoms. The molecule has 0 saturated carbocycles. The number of hydrogen-bond donors (Lipinski definition) is 1. The Kier molecular flexibility index (Phi) is 6.06. The third kappa shape index (κ3) is 3.84. The maximum Gasteiger partial charge on any atom is 0.233 e. The summed E-state index contributed by atoms with van der Waals surface area (Å²) < 4.78 is 5.16. The van der Waals surface area contributed by atoms with Crippen LogP contribution in [0.2, 0.25) is 0 Å². The van der Waals surface area contributed by atoms with Crippen LogP contribution in [0.5, 0.6) is 5.75 Å². The first-order chi connectivity index (χ1) is 9.76. The highest BCUT2D eigenvalue weighted by atomic mass is 32.2. The van der Waals surface area contributed by atoms with Gasteiger partial charge >= 0.3 is 0 Å². The van der Waals surface area contributed by atoms with Gasteiger partial charge in [-0.15, -0.1) is 11.8 Å². The highest BCUT2D eigenvalue weighted by Crippen LogP contribution is 2.38. The van der Waals surface area contributed by atoms with Crippen molar-refractivity contribution in [3.05, 3.63) is 29.8 Å². The van der Waals surface area contributed by atoms with E-state index in [0.717, 1.165) is 29.4 Å². The van der Waals surface area contributed by atoms with Gasteiger partial charge in [0.1, 0.15) is 11.1 Å². The number of thioether (sulfide) groups is 2. The average molecular weight is 313 g/mol. The first-order valence-electron chi connectivity index (χ1n) is 6.50. The number of hydrogen-bond acceptors (Lipinski definition) is 5. The largest absolute Gasteiger partial charge is 0.497 e. The monoisotopic (exact) mass is 313 g/mol. The number of benzene rings is 1. The Morgan fingerprint density at radius 1 is 1.40 bits per heavy atom. The second-order valence-corrected chi connectivity index (χ2v) is 6.65. The summed E-state index contributed by atoms with van der Waals surface area (Å²) in [6.07, 6.45) is 0. The summed E-state index contributed by atoms with van der Waals surface area (Å²) in [6.45, 7) is 0.919. The van der Waals surface area contributed by atoms with Crippen molar-refractivity contribution in [2.45, 2.75) is 5.37 Å². The quantitative estimate of drug-likeness (QED) is 0.780. The van der Waals surface area contributed by atoms with Crippen molar-refractivity contribution in [1.29, 1.82) is 0 Å². The third-order valence-corrected chi connectivity index (χ3v) is 5.28. The normalized spacial score (nSPS) is 18.6. The number of methoxy groups -OCH3 is 1. The summed E-state index contributed by atoms with van der Waals surface area (Å²) in [5.41, 5.74) is 1.13. The predicted octanol–water partition coefficient (Wildman–Crippen LogP) is 1.99. The van der Waals surface area contributed by atoms with Gasteiger partial charge in [-0.25, -0.2) is 0 Å². The van der Waals surface area contributed by atoms with Crippen LogP contribution in [0.4, 0.5) is 0 Å². The predicted molar refractivity (Wildman–Crippen MR) is 84.3 cm³/mol. The molecule has 2 rings (SSSR count). The van der Waals surface area contributed by atoms with Crippen LogP contribution in [0.3, 0.4) is 0 Å². The smallest absolute Gasteiger partial charge is 0.233 e. The highest BCUT2D eigenvalue weighted by molar-refractivity contribution is 8.00. The fourth-order valence-electron chi connectivity index (χ4n) is 2.07. The second kappa shape index (κ2) is 7.81. The van der Waals surface area contributed by atoms with Gasteiger partial charge in [-0.3, -0.25) is 4.79 Å². The van der Waals surface area contributed by atoms with Gasteiger partial charge in [0.2, 0.25) is 5.91 Å². The Morgan fingerprint density at radius 3 is 2.80 bits per heavy atom. The van der Waals surface area contributed by atoms with Crippen LogP contribution in [0.15, 0.2) is 24.3 Å². The lowest BCUT2D eigenvalue weighted by atomic mass is 10.2. The third-order valence-electron chi connectivity index (χ3n) is 3.08. The number of rotatable bonds is 7. The molecule has 1 aliphatic rings. The minimum absolute atomic E-state index is 0.100. The molecule has 1 aliphatic heterocycles. The molecule has 1 unspecified atom stereocenters. The van der Waals surface area contributed by atoms with Gasteiger partial charge in [0.05, 0.1) is 19.5 Å². The van der Waals surface area contributed by atoms with Crippen molar-refractivity contribution in [3.8, 4) is 5.75 Å². The van der Waals surface area contributed by atoms with E-state index in [2.05, 4.69) is 0 Å². The summed E-state index contributed by atoms with van der Waals surface area (Å²) in [5.74, 6) is 3.15. The molecule has 1 N–H and O–H groups in total. The maximum absolute atomic E-state index is 12.0. The maximum atomic E-state index is 12.0. The highest BCUT2D eigenvalue weighted by Gasteiger charge is 2.32. The minimum Gasteiger partial charge on any atom is -0.497 e. The molecule has 1 amide bonds. The standard InChI is InChI=1S/C14H19NO3S2/c1-18-12-4-2-11(3-5-12)14-15(13(17)10-20-14)6-8-19-9-7-16/h2-5,14,16H,6-10H2,1H3. The number of carbonyl (C=O) groups is 1. The van der Waals surface area contributed by atoms with E-state index in [1.165, 1.54) is 0 Å². The molecule has 0 spiro atoms. The van der Waals surface area contributed by atoms with E-state index in [4.69, 9.17) is 9.84 Å². The summed E-state index contributed by atoms with van der Waals surface area (Å²) in [5, 5.41) is 8.87. The Balaban J connectivity index is 1.99. The molecule has 0 radical (unpaired) electrons. The van der Waals surface area contributed by atoms with E-state index >= 15 is 0 Å². The van der Waals surface area contributed by atoms with Crippen molar-refractivity contribution in [2.24, 2.45) is 0 Å². The van der Waals surface area contributed by atoms with Crippen LogP contribution in [0.1, 0.15) is 10.9 Å². The van der Waals surface area contributed by atoms with Gasteiger partial charge in [0.25, 0.3) is 0 Å². The molecule has 6 heteroatoms. The van der Waals surface area contributed by atoms with Crippen molar-refractivity contribution in [1.82, 2.24) is 4.90 Å². The molecule has 1 fully saturated rings. The fourth-order valence-corrected chi connectivity index (χ4v) is 3.95. The molecule has 1 aromatic carbocycles. The van der Waals surface area contributed by atoms with Crippen molar-refractivity contribution in [3.63, 3.8) is 0 Å². The second-order valence-electron chi connectivity index (χ2n) is 4.36. The number of nitrogens with zero attached hydrogens (tertiary/aromatic N) is 1. The van der Waals surface area contributed by atoms with Crippen LogP contribution in [-0.2, 0) is 4.79 Å². The average Bonchev–Trinajstić information content (AvgIpc) is 2.85. The van der Waals surface area contributed by atoms with Crippen LogP contribution in [0.25, 0.3) is 0 Å². The lowest BCUT2D eigenvalue weighted by Crippen LogP contribution is -2.30. The summed E-state index contributed by atoms with van der Waals surface area (Å²) in [7, 11) is 1.65. The first-order valence-corrected chi connectivity index (χ1v) is 8.70. The summed E-state index contributed by atoms with van der Waals surface area (Å²) in [6, 6.07) is 7.89. The number of carbonyl (C=O) groups excluding carboxylic acids is 1. The van der Waals surface area contributed by atoms with Crippen molar-refractivity contribution in [2.75, 3.05) is 37.5 Å². The van der Waals surface area contributed by atoms with E-state index in [1.807, 2.05) is 29.2 Å². The molecule has 110 valence electrons. The van der Waals surface area contributed by atoms with Crippen LogP contribution >= 0.6 is 23.5 Å². The van der Waals surface area contributed by atoms with Gasteiger partial charge in [-0.1, -0.05) is 12.1 Å². The molecular formula is C14H19NO3S2. The van der Waals surface area contributed by atoms with E-state index in [0.29, 0.717) is 5.75 Å². The zero-order valence-corrected chi connectivity index (χ0v) is 13.1. The molecule has 1 atom stereocenters. The van der Waals surface area contributed by atoms with Gasteiger partial charge in [-0.05, 0) is 17.7 Å². The fraction of sp³-hybridized carbons (Fsp3) is 0.500. The minimum atomic E-state index is 0.100. The zero-order valence-electron chi connectivity index (χ0n) is 11.4. The van der Waals surface area contributed by atoms with Gasteiger partial charge in [0, 0.05) is 18.1 Å². The molecule has 4 nitrogen and oxygen atoms in total. The Bertz CT molecular complexity index is 439. The van der Waals surface area contributed by atoms with Gasteiger partial charge < -0.3 is 14.7 Å².